The van der Waals surface area contributed by atoms with Gasteiger partial charge in [0.2, 0.25) is 0 Å². The van der Waals surface area contributed by atoms with E-state index in [1.807, 2.05) is 14.1 Å². The predicted molar refractivity (Wildman–Crippen MR) is 47.4 cm³/mol. The summed E-state index contributed by atoms with van der Waals surface area (Å²) >= 11 is 0. The number of nitrogens with zero attached hydrogens (tertiary/aromatic N) is 2. The van der Waals surface area contributed by atoms with Crippen LogP contribution in [0, 0.1) is 5.41 Å². The van der Waals surface area contributed by atoms with Crippen LogP contribution in [0.4, 0.5) is 0 Å². The summed E-state index contributed by atoms with van der Waals surface area (Å²) in [5.74, 6) is 0. The molecule has 0 spiro atoms. The Bertz CT molecular complexity index is 136. The van der Waals surface area contributed by atoms with Gasteiger partial charge in [0.1, 0.15) is 0 Å². The SMILES string of the molecule is CCC(CCN(C)C)N=C=N. The molecule has 3 nitrogen and oxygen atoms in total. The van der Waals surface area contributed by atoms with Gasteiger partial charge in [0.25, 0.3) is 0 Å². The van der Waals surface area contributed by atoms with E-state index in [-0.39, 0.29) is 6.04 Å². The highest BCUT2D eigenvalue weighted by Crippen LogP contribution is 2.01. The first-order chi connectivity index (χ1) is 5.20. The van der Waals surface area contributed by atoms with E-state index in [2.05, 4.69) is 22.8 Å². The molecule has 0 aromatic heterocycles. The molecule has 11 heavy (non-hydrogen) atoms. The molecule has 0 amide bonds. The van der Waals surface area contributed by atoms with E-state index in [1.165, 1.54) is 0 Å². The van der Waals surface area contributed by atoms with Crippen molar-refractivity contribution in [2.75, 3.05) is 20.6 Å². The fourth-order valence-corrected chi connectivity index (χ4v) is 0.858. The average molecular weight is 155 g/mol. The van der Waals surface area contributed by atoms with E-state index in [0.29, 0.717) is 0 Å². The van der Waals surface area contributed by atoms with Gasteiger partial charge in [-0.1, -0.05) is 6.92 Å². The van der Waals surface area contributed by atoms with Gasteiger partial charge in [0, 0.05) is 0 Å². The molecule has 1 N–H and O–H groups in total. The van der Waals surface area contributed by atoms with Gasteiger partial charge in [-0.05, 0) is 33.5 Å². The monoisotopic (exact) mass is 155 g/mol. The van der Waals surface area contributed by atoms with Crippen LogP contribution in [0.1, 0.15) is 19.8 Å². The number of aliphatic imine (C=N–C) groups is 1. The Morgan fingerprint density at radius 2 is 2.18 bits per heavy atom. The fraction of sp³-hybridized carbons (Fsp3) is 0.875. The van der Waals surface area contributed by atoms with Gasteiger partial charge in [-0.3, -0.25) is 0 Å². The Morgan fingerprint density at radius 1 is 1.55 bits per heavy atom. The first-order valence-corrected chi connectivity index (χ1v) is 3.97. The smallest absolute Gasteiger partial charge is 0.0864 e. The highest BCUT2D eigenvalue weighted by Gasteiger charge is 2.02. The molecule has 0 saturated heterocycles. The Hall–Kier alpha value is -0.660. The lowest BCUT2D eigenvalue weighted by molar-refractivity contribution is 0.378. The van der Waals surface area contributed by atoms with Gasteiger partial charge in [-0.15, -0.1) is 0 Å². The molecule has 0 aliphatic carbocycles. The molecule has 1 atom stereocenters. The molecule has 0 aliphatic heterocycles. The van der Waals surface area contributed by atoms with Crippen LogP contribution in [0.15, 0.2) is 4.99 Å². The minimum Gasteiger partial charge on any atom is -0.309 e. The predicted octanol–water partition coefficient (Wildman–Crippen LogP) is 1.47. The third kappa shape index (κ3) is 5.77. The number of hydrogen-bond donors (Lipinski definition) is 1. The van der Waals surface area contributed by atoms with E-state index < -0.39 is 0 Å². The van der Waals surface area contributed by atoms with Crippen molar-refractivity contribution in [3.05, 3.63) is 0 Å². The van der Waals surface area contributed by atoms with E-state index in [4.69, 9.17) is 5.41 Å². The van der Waals surface area contributed by atoms with Gasteiger partial charge in [-0.2, -0.15) is 0 Å². The van der Waals surface area contributed by atoms with Crippen LogP contribution in [0.2, 0.25) is 0 Å². The van der Waals surface area contributed by atoms with Gasteiger partial charge in [0.05, 0.1) is 12.1 Å². The van der Waals surface area contributed by atoms with Gasteiger partial charge >= 0.3 is 0 Å². The zero-order valence-corrected chi connectivity index (χ0v) is 7.59. The van der Waals surface area contributed by atoms with Crippen LogP contribution in [-0.4, -0.2) is 37.6 Å². The molecular weight excluding hydrogens is 138 g/mol. The molecule has 0 rings (SSSR count). The molecule has 64 valence electrons. The Balaban J connectivity index is 3.60. The van der Waals surface area contributed by atoms with Crippen molar-refractivity contribution in [1.82, 2.24) is 4.90 Å². The number of hydrogen-bond acceptors (Lipinski definition) is 3. The first kappa shape index (κ1) is 10.3. The van der Waals surface area contributed by atoms with Crippen molar-refractivity contribution in [2.45, 2.75) is 25.8 Å². The van der Waals surface area contributed by atoms with Gasteiger partial charge in [0.15, 0.2) is 0 Å². The second kappa shape index (κ2) is 6.08. The zero-order valence-electron chi connectivity index (χ0n) is 7.59. The topological polar surface area (TPSA) is 39.5 Å². The Kier molecular flexibility index (Phi) is 5.71. The van der Waals surface area contributed by atoms with Crippen LogP contribution >= 0.6 is 0 Å². The molecule has 0 bridgehead atoms. The standard InChI is InChI=1S/C8H17N3/c1-4-8(10-7-9)5-6-11(2)3/h8-9H,4-6H2,1-3H3. The second-order valence-corrected chi connectivity index (χ2v) is 2.89. The molecule has 0 saturated carbocycles. The van der Waals surface area contributed by atoms with Crippen LogP contribution in [0.5, 0.6) is 0 Å². The summed E-state index contributed by atoms with van der Waals surface area (Å²) in [6.07, 6.45) is 2.02. The van der Waals surface area contributed by atoms with Crippen LogP contribution in [-0.2, 0) is 0 Å². The summed E-state index contributed by atoms with van der Waals surface area (Å²) in [5.41, 5.74) is 0. The van der Waals surface area contributed by atoms with Crippen LogP contribution in [0.25, 0.3) is 0 Å². The lowest BCUT2D eigenvalue weighted by Gasteiger charge is -2.12. The van der Waals surface area contributed by atoms with Crippen LogP contribution < -0.4 is 0 Å². The fourth-order valence-electron chi connectivity index (χ4n) is 0.858. The summed E-state index contributed by atoms with van der Waals surface area (Å²) < 4.78 is 0. The quantitative estimate of drug-likeness (QED) is 0.600. The van der Waals surface area contributed by atoms with Crippen molar-refractivity contribution in [2.24, 2.45) is 4.99 Å². The molecule has 0 fully saturated rings. The minimum atomic E-state index is 0.287. The van der Waals surface area contributed by atoms with Gasteiger partial charge in [-0.25, -0.2) is 10.4 Å². The Morgan fingerprint density at radius 3 is 2.55 bits per heavy atom. The lowest BCUT2D eigenvalue weighted by Crippen LogP contribution is -2.17. The maximum atomic E-state index is 6.69. The molecule has 0 aliphatic rings. The Labute approximate surface area is 68.6 Å². The van der Waals surface area contributed by atoms with Gasteiger partial charge < -0.3 is 4.90 Å². The van der Waals surface area contributed by atoms with Crippen molar-refractivity contribution >= 4 is 6.01 Å². The maximum Gasteiger partial charge on any atom is 0.0864 e. The van der Waals surface area contributed by atoms with E-state index in [0.717, 1.165) is 19.4 Å². The average Bonchev–Trinajstić information content (AvgIpc) is 1.97. The largest absolute Gasteiger partial charge is 0.309 e. The zero-order chi connectivity index (χ0) is 8.69. The molecular formula is C8H17N3. The third-order valence-corrected chi connectivity index (χ3v) is 1.63. The molecule has 0 aromatic rings. The van der Waals surface area contributed by atoms with Crippen molar-refractivity contribution < 1.29 is 0 Å². The summed E-state index contributed by atoms with van der Waals surface area (Å²) in [4.78, 5) is 6.03. The highest BCUT2D eigenvalue weighted by atomic mass is 15.1. The first-order valence-electron chi connectivity index (χ1n) is 3.97. The highest BCUT2D eigenvalue weighted by molar-refractivity contribution is 5.36. The van der Waals surface area contributed by atoms with Crippen molar-refractivity contribution in [3.63, 3.8) is 0 Å². The summed E-state index contributed by atoms with van der Waals surface area (Å²) in [6, 6.07) is 2.39. The lowest BCUT2D eigenvalue weighted by atomic mass is 10.1. The van der Waals surface area contributed by atoms with E-state index >= 15 is 0 Å². The molecule has 3 heteroatoms. The van der Waals surface area contributed by atoms with Crippen molar-refractivity contribution in [3.8, 4) is 0 Å². The normalized spacial score (nSPS) is 12.7. The van der Waals surface area contributed by atoms with E-state index in [1.54, 1.807) is 0 Å². The molecule has 1 unspecified atom stereocenters. The maximum absolute atomic E-state index is 6.69. The third-order valence-electron chi connectivity index (χ3n) is 1.63. The summed E-state index contributed by atoms with van der Waals surface area (Å²) in [7, 11) is 4.09. The summed E-state index contributed by atoms with van der Waals surface area (Å²) in [5, 5.41) is 6.69. The molecule has 0 aromatic carbocycles. The molecule has 0 heterocycles. The number of nitrogens with one attached hydrogen (secondary N) is 1. The number of rotatable bonds is 5. The summed E-state index contributed by atoms with van der Waals surface area (Å²) in [6.45, 7) is 3.12. The van der Waals surface area contributed by atoms with Crippen molar-refractivity contribution in [1.29, 1.82) is 5.41 Å². The van der Waals surface area contributed by atoms with E-state index in [9.17, 15) is 0 Å². The second-order valence-electron chi connectivity index (χ2n) is 2.89. The molecule has 0 radical (unpaired) electrons. The van der Waals surface area contributed by atoms with Crippen LogP contribution in [0.3, 0.4) is 0 Å². The minimum absolute atomic E-state index is 0.287.